The van der Waals surface area contributed by atoms with Gasteiger partial charge in [-0.2, -0.15) is 0 Å². The van der Waals surface area contributed by atoms with Crippen LogP contribution in [0.15, 0.2) is 24.3 Å². The summed E-state index contributed by atoms with van der Waals surface area (Å²) in [5, 5.41) is 2.93. The molecule has 1 aromatic rings. The molecule has 1 aliphatic rings. The minimum atomic E-state index is 0.0417. The minimum Gasteiger partial charge on any atom is -0.494 e. The van der Waals surface area contributed by atoms with Gasteiger partial charge in [-0.3, -0.25) is 4.79 Å². The van der Waals surface area contributed by atoms with Crippen LogP contribution in [0.25, 0.3) is 0 Å². The number of anilines is 1. The standard InChI is InChI=1S/C16H24N2O2/c1-2-9-20-14-7-4-6-13(11-14)18-16(19)10-12-5-3-8-15(12)17/h4,6-7,11-12,15H,2-3,5,8-10,17H2,1H3,(H,18,19)/t12-,15+/m0/s1. The molecule has 110 valence electrons. The topological polar surface area (TPSA) is 64.3 Å². The summed E-state index contributed by atoms with van der Waals surface area (Å²) in [6, 6.07) is 7.72. The average molecular weight is 276 g/mol. The number of carbonyl (C=O) groups is 1. The second-order valence-corrected chi connectivity index (χ2v) is 5.48. The Balaban J connectivity index is 1.87. The van der Waals surface area contributed by atoms with Crippen molar-refractivity contribution < 1.29 is 9.53 Å². The molecule has 0 saturated heterocycles. The molecule has 1 amide bonds. The number of rotatable bonds is 6. The molecule has 1 saturated carbocycles. The third-order valence-electron chi connectivity index (χ3n) is 3.76. The molecule has 3 N–H and O–H groups in total. The van der Waals surface area contributed by atoms with Gasteiger partial charge in [0.05, 0.1) is 6.61 Å². The number of nitrogens with one attached hydrogen (secondary N) is 1. The van der Waals surface area contributed by atoms with Gasteiger partial charge >= 0.3 is 0 Å². The highest BCUT2D eigenvalue weighted by molar-refractivity contribution is 5.91. The monoisotopic (exact) mass is 276 g/mol. The summed E-state index contributed by atoms with van der Waals surface area (Å²) < 4.78 is 5.56. The van der Waals surface area contributed by atoms with Crippen LogP contribution in [0.4, 0.5) is 5.69 Å². The van der Waals surface area contributed by atoms with Crippen LogP contribution in [0.2, 0.25) is 0 Å². The first kappa shape index (κ1) is 14.9. The van der Waals surface area contributed by atoms with Crippen molar-refractivity contribution in [2.45, 2.75) is 45.1 Å². The summed E-state index contributed by atoms with van der Waals surface area (Å²) in [4.78, 5) is 12.0. The van der Waals surface area contributed by atoms with Crippen molar-refractivity contribution in [3.05, 3.63) is 24.3 Å². The van der Waals surface area contributed by atoms with Crippen molar-refractivity contribution in [2.75, 3.05) is 11.9 Å². The third kappa shape index (κ3) is 4.23. The number of carbonyl (C=O) groups excluding carboxylic acids is 1. The van der Waals surface area contributed by atoms with Crippen molar-refractivity contribution in [1.29, 1.82) is 0 Å². The van der Waals surface area contributed by atoms with Gasteiger partial charge in [-0.1, -0.05) is 19.4 Å². The molecule has 20 heavy (non-hydrogen) atoms. The lowest BCUT2D eigenvalue weighted by molar-refractivity contribution is -0.117. The predicted octanol–water partition coefficient (Wildman–Crippen LogP) is 2.93. The highest BCUT2D eigenvalue weighted by Crippen LogP contribution is 2.27. The molecule has 0 aromatic heterocycles. The first-order valence-corrected chi connectivity index (χ1v) is 7.47. The Bertz CT molecular complexity index is 448. The summed E-state index contributed by atoms with van der Waals surface area (Å²) in [6.45, 7) is 2.75. The van der Waals surface area contributed by atoms with Crippen LogP contribution >= 0.6 is 0 Å². The maximum Gasteiger partial charge on any atom is 0.224 e. The fourth-order valence-corrected chi connectivity index (χ4v) is 2.65. The molecule has 1 aliphatic carbocycles. The van der Waals surface area contributed by atoms with Gasteiger partial charge in [0.25, 0.3) is 0 Å². The molecule has 0 heterocycles. The number of benzene rings is 1. The van der Waals surface area contributed by atoms with Crippen molar-refractivity contribution in [2.24, 2.45) is 11.7 Å². The van der Waals surface area contributed by atoms with Crippen molar-refractivity contribution in [3.63, 3.8) is 0 Å². The molecule has 0 spiro atoms. The van der Waals surface area contributed by atoms with E-state index in [1.165, 1.54) is 0 Å². The Morgan fingerprint density at radius 3 is 3.00 bits per heavy atom. The zero-order chi connectivity index (χ0) is 14.4. The van der Waals surface area contributed by atoms with Crippen LogP contribution in [0, 0.1) is 5.92 Å². The van der Waals surface area contributed by atoms with E-state index in [0.29, 0.717) is 18.9 Å². The maximum absolute atomic E-state index is 12.0. The van der Waals surface area contributed by atoms with E-state index >= 15 is 0 Å². The SMILES string of the molecule is CCCOc1cccc(NC(=O)C[C@@H]2CCC[C@H]2N)c1. The van der Waals surface area contributed by atoms with Gasteiger partial charge < -0.3 is 15.8 Å². The van der Waals surface area contributed by atoms with E-state index in [1.54, 1.807) is 0 Å². The molecule has 2 rings (SSSR count). The lowest BCUT2D eigenvalue weighted by atomic mass is 10.00. The largest absolute Gasteiger partial charge is 0.494 e. The molecule has 4 heteroatoms. The molecular weight excluding hydrogens is 252 g/mol. The molecule has 1 fully saturated rings. The Morgan fingerprint density at radius 2 is 2.30 bits per heavy atom. The summed E-state index contributed by atoms with van der Waals surface area (Å²) in [5.74, 6) is 1.16. The molecule has 1 aromatic carbocycles. The smallest absolute Gasteiger partial charge is 0.224 e. The average Bonchev–Trinajstić information content (AvgIpc) is 2.82. The molecule has 0 radical (unpaired) electrons. The lowest BCUT2D eigenvalue weighted by Gasteiger charge is -2.15. The number of hydrogen-bond acceptors (Lipinski definition) is 3. The van der Waals surface area contributed by atoms with E-state index in [2.05, 4.69) is 12.2 Å². The normalized spacial score (nSPS) is 21.7. The Hall–Kier alpha value is -1.55. The van der Waals surface area contributed by atoms with Crippen LogP contribution < -0.4 is 15.8 Å². The summed E-state index contributed by atoms with van der Waals surface area (Å²) in [7, 11) is 0. The van der Waals surface area contributed by atoms with Gasteiger partial charge in [-0.05, 0) is 37.3 Å². The van der Waals surface area contributed by atoms with Crippen molar-refractivity contribution in [3.8, 4) is 5.75 Å². The Kier molecular flexibility index (Phi) is 5.41. The van der Waals surface area contributed by atoms with Crippen LogP contribution in [-0.4, -0.2) is 18.6 Å². The molecule has 0 unspecified atom stereocenters. The van der Waals surface area contributed by atoms with Crippen molar-refractivity contribution in [1.82, 2.24) is 0 Å². The van der Waals surface area contributed by atoms with E-state index < -0.39 is 0 Å². The van der Waals surface area contributed by atoms with Crippen LogP contribution in [0.5, 0.6) is 5.75 Å². The fourth-order valence-electron chi connectivity index (χ4n) is 2.65. The highest BCUT2D eigenvalue weighted by Gasteiger charge is 2.25. The quantitative estimate of drug-likeness (QED) is 0.839. The van der Waals surface area contributed by atoms with Gasteiger partial charge in [0, 0.05) is 24.2 Å². The number of nitrogens with two attached hydrogens (primary N) is 1. The molecule has 0 bridgehead atoms. The van der Waals surface area contributed by atoms with E-state index in [0.717, 1.165) is 37.1 Å². The second kappa shape index (κ2) is 7.29. The number of amides is 1. The molecule has 0 aliphatic heterocycles. The summed E-state index contributed by atoms with van der Waals surface area (Å²) in [5.41, 5.74) is 6.79. The summed E-state index contributed by atoms with van der Waals surface area (Å²) >= 11 is 0. The minimum absolute atomic E-state index is 0.0417. The van der Waals surface area contributed by atoms with Crippen LogP contribution in [0.3, 0.4) is 0 Å². The van der Waals surface area contributed by atoms with Gasteiger partial charge in [-0.25, -0.2) is 0 Å². The lowest BCUT2D eigenvalue weighted by Crippen LogP contribution is -2.28. The molecule has 4 nitrogen and oxygen atoms in total. The zero-order valence-corrected chi connectivity index (χ0v) is 12.1. The third-order valence-corrected chi connectivity index (χ3v) is 3.76. The van der Waals surface area contributed by atoms with Crippen LogP contribution in [-0.2, 0) is 4.79 Å². The predicted molar refractivity (Wildman–Crippen MR) is 80.8 cm³/mol. The van der Waals surface area contributed by atoms with E-state index in [9.17, 15) is 4.79 Å². The molecular formula is C16H24N2O2. The van der Waals surface area contributed by atoms with Gasteiger partial charge in [0.15, 0.2) is 0 Å². The number of ether oxygens (including phenoxy) is 1. The Labute approximate surface area is 120 Å². The zero-order valence-electron chi connectivity index (χ0n) is 12.1. The first-order chi connectivity index (χ1) is 9.69. The van der Waals surface area contributed by atoms with Crippen molar-refractivity contribution >= 4 is 11.6 Å². The van der Waals surface area contributed by atoms with Gasteiger partial charge in [-0.15, -0.1) is 0 Å². The van der Waals surface area contributed by atoms with Gasteiger partial charge in [0.1, 0.15) is 5.75 Å². The van der Waals surface area contributed by atoms with E-state index in [4.69, 9.17) is 10.5 Å². The maximum atomic E-state index is 12.0. The first-order valence-electron chi connectivity index (χ1n) is 7.47. The number of hydrogen-bond donors (Lipinski definition) is 2. The fraction of sp³-hybridized carbons (Fsp3) is 0.562. The highest BCUT2D eigenvalue weighted by atomic mass is 16.5. The second-order valence-electron chi connectivity index (χ2n) is 5.48. The molecule has 2 atom stereocenters. The Morgan fingerprint density at radius 1 is 1.45 bits per heavy atom. The van der Waals surface area contributed by atoms with Gasteiger partial charge in [0.2, 0.25) is 5.91 Å². The van der Waals surface area contributed by atoms with E-state index in [1.807, 2.05) is 24.3 Å². The van der Waals surface area contributed by atoms with Crippen LogP contribution in [0.1, 0.15) is 39.0 Å². The van der Waals surface area contributed by atoms with E-state index in [-0.39, 0.29) is 11.9 Å². The summed E-state index contributed by atoms with van der Waals surface area (Å²) in [6.07, 6.45) is 4.73.